The third-order valence-electron chi connectivity index (χ3n) is 18.5. The lowest BCUT2D eigenvalue weighted by atomic mass is 10.0. The SMILES string of the molecule is CC/C=C\C/C=C\C/C=C\C/C=C\CCCCCCCCCCCCCCCCCCCCCCCCC(=O)OC(CO)COC(=O)CCCCCCCCCCCCCCCCCCCCCCCCCCCCCCC/C=C\C/C=C\CCCCCCC. The van der Waals surface area contributed by atoms with Gasteiger partial charge in [0.05, 0.1) is 6.61 Å². The zero-order valence-electron chi connectivity index (χ0n) is 60.7. The Kier molecular flexibility index (Phi) is 78.2. The lowest BCUT2D eigenvalue weighted by molar-refractivity contribution is -0.161. The second kappa shape index (κ2) is 80.6. The predicted octanol–water partition coefficient (Wildman–Crippen LogP) is 28.6. The second-order valence-electron chi connectivity index (χ2n) is 27.5. The van der Waals surface area contributed by atoms with E-state index >= 15 is 0 Å². The van der Waals surface area contributed by atoms with Crippen molar-refractivity contribution in [2.45, 2.75) is 444 Å². The van der Waals surface area contributed by atoms with E-state index in [0.717, 1.165) is 64.2 Å². The molecule has 0 fully saturated rings. The van der Waals surface area contributed by atoms with Gasteiger partial charge in [0.1, 0.15) is 6.61 Å². The second-order valence-corrected chi connectivity index (χ2v) is 27.5. The molecule has 1 atom stereocenters. The molecule has 5 heteroatoms. The number of rotatable bonds is 76. The first-order valence-corrected chi connectivity index (χ1v) is 40.5. The summed E-state index contributed by atoms with van der Waals surface area (Å²) in [7, 11) is 0. The quantitative estimate of drug-likeness (QED) is 0.0373. The van der Waals surface area contributed by atoms with Crippen LogP contribution in [-0.2, 0) is 19.1 Å². The molecule has 0 aliphatic carbocycles. The van der Waals surface area contributed by atoms with Crippen LogP contribution in [-0.4, -0.2) is 36.4 Å². The van der Waals surface area contributed by atoms with E-state index in [0.29, 0.717) is 12.8 Å². The summed E-state index contributed by atoms with van der Waals surface area (Å²) < 4.78 is 10.8. The predicted molar refractivity (Wildman–Crippen MR) is 399 cm³/mol. The zero-order valence-corrected chi connectivity index (χ0v) is 60.7. The number of esters is 2. The van der Waals surface area contributed by atoms with Gasteiger partial charge in [0, 0.05) is 12.8 Å². The van der Waals surface area contributed by atoms with E-state index in [1.165, 1.54) is 347 Å². The number of carbonyl (C=O) groups is 2. The molecule has 0 rings (SSSR count). The fourth-order valence-corrected chi connectivity index (χ4v) is 12.5. The molecule has 0 aliphatic heterocycles. The molecule has 90 heavy (non-hydrogen) atoms. The monoisotopic (exact) mass is 1260 g/mol. The number of unbranched alkanes of at least 4 members (excludes halogenated alkanes) is 56. The van der Waals surface area contributed by atoms with Crippen molar-refractivity contribution in [2.75, 3.05) is 13.2 Å². The van der Waals surface area contributed by atoms with Gasteiger partial charge in [0.2, 0.25) is 0 Å². The normalized spacial score (nSPS) is 12.5. The molecular weight excluding hydrogens is 1100 g/mol. The molecule has 0 aromatic rings. The van der Waals surface area contributed by atoms with Gasteiger partial charge in [-0.2, -0.15) is 0 Å². The first kappa shape index (κ1) is 87.3. The average Bonchev–Trinajstić information content (AvgIpc) is 3.58. The van der Waals surface area contributed by atoms with Gasteiger partial charge in [0.25, 0.3) is 0 Å². The minimum absolute atomic E-state index is 0.0601. The number of carbonyl (C=O) groups excluding carboxylic acids is 2. The molecule has 526 valence electrons. The maximum atomic E-state index is 12.4. The lowest BCUT2D eigenvalue weighted by Crippen LogP contribution is -2.28. The van der Waals surface area contributed by atoms with Crippen molar-refractivity contribution in [3.05, 3.63) is 72.9 Å². The Morgan fingerprint density at radius 3 is 0.722 bits per heavy atom. The molecule has 0 aliphatic rings. The summed E-state index contributed by atoms with van der Waals surface area (Å²) in [5.41, 5.74) is 0. The van der Waals surface area contributed by atoms with E-state index in [1.54, 1.807) is 0 Å². The van der Waals surface area contributed by atoms with Crippen LogP contribution >= 0.6 is 0 Å². The van der Waals surface area contributed by atoms with Crippen LogP contribution in [0.5, 0.6) is 0 Å². The molecule has 0 spiro atoms. The van der Waals surface area contributed by atoms with E-state index in [2.05, 4.69) is 86.8 Å². The third kappa shape index (κ3) is 77.8. The van der Waals surface area contributed by atoms with Crippen molar-refractivity contribution in [1.29, 1.82) is 0 Å². The standard InChI is InChI=1S/C85H156O5/c1-3-5-7-9-11-13-15-17-19-21-23-25-27-29-31-33-35-37-39-40-41-42-43-44-46-47-49-51-53-55-57-59-61-63-65-67-69-71-73-75-77-79-84(87)89-82-83(81-86)90-85(88)80-78-76-74-72-70-68-66-64-62-60-58-56-54-52-50-48-45-38-36-34-32-30-28-26-24-22-20-18-16-14-12-10-8-6-4-2/h6,8,12,14-15,17-18,20-21,23-24,26,83,86H,3-5,7,9-11,13,16,19,22,25,27-82H2,1-2H3/b8-6-,14-12-,17-15-,20-18-,23-21-,26-24-. The van der Waals surface area contributed by atoms with Gasteiger partial charge in [-0.05, 0) is 83.5 Å². The van der Waals surface area contributed by atoms with Crippen molar-refractivity contribution < 1.29 is 24.2 Å². The maximum absolute atomic E-state index is 12.4. The Labute approximate surface area is 563 Å². The van der Waals surface area contributed by atoms with Gasteiger partial charge >= 0.3 is 11.9 Å². The summed E-state index contributed by atoms with van der Waals surface area (Å²) in [6.07, 6.45) is 113. The summed E-state index contributed by atoms with van der Waals surface area (Å²) in [4.78, 5) is 24.7. The topological polar surface area (TPSA) is 72.8 Å². The van der Waals surface area contributed by atoms with Crippen molar-refractivity contribution in [3.8, 4) is 0 Å². The first-order chi connectivity index (χ1) is 44.6. The van der Waals surface area contributed by atoms with E-state index in [-0.39, 0.29) is 25.2 Å². The fraction of sp³-hybridized carbons (Fsp3) is 0.835. The van der Waals surface area contributed by atoms with E-state index in [1.807, 2.05) is 0 Å². The van der Waals surface area contributed by atoms with Gasteiger partial charge < -0.3 is 14.6 Å². The Morgan fingerprint density at radius 2 is 0.478 bits per heavy atom. The highest BCUT2D eigenvalue weighted by molar-refractivity contribution is 5.70. The fourth-order valence-electron chi connectivity index (χ4n) is 12.5. The van der Waals surface area contributed by atoms with Gasteiger partial charge in [-0.25, -0.2) is 0 Å². The van der Waals surface area contributed by atoms with Crippen LogP contribution in [0.25, 0.3) is 0 Å². The molecule has 0 saturated carbocycles. The third-order valence-corrected chi connectivity index (χ3v) is 18.5. The summed E-state index contributed by atoms with van der Waals surface area (Å²) in [6.45, 7) is 4.08. The van der Waals surface area contributed by atoms with Crippen LogP contribution in [0.2, 0.25) is 0 Å². The molecule has 0 amide bonds. The van der Waals surface area contributed by atoms with Crippen LogP contribution in [0.3, 0.4) is 0 Å². The van der Waals surface area contributed by atoms with Gasteiger partial charge in [-0.3, -0.25) is 9.59 Å². The largest absolute Gasteiger partial charge is 0.462 e. The van der Waals surface area contributed by atoms with Gasteiger partial charge in [-0.1, -0.05) is 414 Å². The molecule has 0 saturated heterocycles. The summed E-state index contributed by atoms with van der Waals surface area (Å²) >= 11 is 0. The zero-order chi connectivity index (χ0) is 64.7. The lowest BCUT2D eigenvalue weighted by Gasteiger charge is -2.15. The average molecular weight is 1260 g/mol. The van der Waals surface area contributed by atoms with Crippen LogP contribution in [0.1, 0.15) is 438 Å². The highest BCUT2D eigenvalue weighted by Gasteiger charge is 2.16. The van der Waals surface area contributed by atoms with E-state index in [9.17, 15) is 14.7 Å². The van der Waals surface area contributed by atoms with Crippen LogP contribution in [0.15, 0.2) is 72.9 Å². The number of aliphatic hydroxyl groups is 1. The molecule has 0 aromatic carbocycles. The first-order valence-electron chi connectivity index (χ1n) is 40.5. The molecule has 0 radical (unpaired) electrons. The Morgan fingerprint density at radius 1 is 0.267 bits per heavy atom. The van der Waals surface area contributed by atoms with Crippen LogP contribution in [0, 0.1) is 0 Å². The minimum atomic E-state index is -0.772. The van der Waals surface area contributed by atoms with E-state index in [4.69, 9.17) is 9.47 Å². The van der Waals surface area contributed by atoms with Crippen molar-refractivity contribution in [2.24, 2.45) is 0 Å². The summed E-state index contributed by atoms with van der Waals surface area (Å²) in [6, 6.07) is 0. The van der Waals surface area contributed by atoms with Crippen molar-refractivity contribution >= 4 is 11.9 Å². The number of ether oxygens (including phenoxy) is 2. The highest BCUT2D eigenvalue weighted by atomic mass is 16.6. The van der Waals surface area contributed by atoms with Crippen molar-refractivity contribution in [1.82, 2.24) is 0 Å². The minimum Gasteiger partial charge on any atom is -0.462 e. The number of hydrogen-bond acceptors (Lipinski definition) is 5. The number of allylic oxidation sites excluding steroid dienone is 12. The smallest absolute Gasteiger partial charge is 0.306 e. The molecule has 5 nitrogen and oxygen atoms in total. The summed E-state index contributed by atoms with van der Waals surface area (Å²) in [5.74, 6) is -0.565. The summed E-state index contributed by atoms with van der Waals surface area (Å²) in [5, 5.41) is 9.73. The van der Waals surface area contributed by atoms with Crippen molar-refractivity contribution in [3.63, 3.8) is 0 Å². The van der Waals surface area contributed by atoms with E-state index < -0.39 is 6.10 Å². The highest BCUT2D eigenvalue weighted by Crippen LogP contribution is 2.20. The van der Waals surface area contributed by atoms with Gasteiger partial charge in [-0.15, -0.1) is 0 Å². The van der Waals surface area contributed by atoms with Crippen LogP contribution in [0.4, 0.5) is 0 Å². The molecule has 0 bridgehead atoms. The Bertz CT molecular complexity index is 1570. The Hall–Kier alpha value is -2.66. The number of aliphatic hydroxyl groups excluding tert-OH is 1. The molecule has 0 aromatic heterocycles. The Balaban J connectivity index is 3.36. The molecule has 0 heterocycles. The van der Waals surface area contributed by atoms with Crippen LogP contribution < -0.4 is 0 Å². The maximum Gasteiger partial charge on any atom is 0.306 e. The van der Waals surface area contributed by atoms with Gasteiger partial charge in [0.15, 0.2) is 6.10 Å². The molecular formula is C85H156O5. The number of hydrogen-bond donors (Lipinski definition) is 1. The molecule has 1 unspecified atom stereocenters. The molecule has 1 N–H and O–H groups in total.